The Balaban J connectivity index is 2.35. The van der Waals surface area contributed by atoms with E-state index in [1.54, 1.807) is 31.2 Å². The third-order valence-electron chi connectivity index (χ3n) is 4.30. The molecule has 0 amide bonds. The molecule has 0 saturated carbocycles. The molecule has 0 aliphatic carbocycles. The SMILES string of the molecule is C[C@@H](C(=O)Oc1ccccc1)[C@@](O)(c1ccccc1)C(C)(C)C. The Morgan fingerprint density at radius 1 is 0.957 bits per heavy atom. The van der Waals surface area contributed by atoms with Crippen LogP contribution in [-0.2, 0) is 10.4 Å². The molecule has 1 N–H and O–H groups in total. The molecule has 2 rings (SSSR count). The van der Waals surface area contributed by atoms with Crippen LogP contribution < -0.4 is 4.74 Å². The lowest BCUT2D eigenvalue weighted by atomic mass is 9.65. The maximum Gasteiger partial charge on any atom is 0.317 e. The van der Waals surface area contributed by atoms with Gasteiger partial charge >= 0.3 is 5.97 Å². The van der Waals surface area contributed by atoms with Gasteiger partial charge in [0.15, 0.2) is 0 Å². The fourth-order valence-electron chi connectivity index (χ4n) is 2.89. The van der Waals surface area contributed by atoms with Crippen LogP contribution in [0.3, 0.4) is 0 Å². The summed E-state index contributed by atoms with van der Waals surface area (Å²) in [7, 11) is 0. The largest absolute Gasteiger partial charge is 0.426 e. The average Bonchev–Trinajstić information content (AvgIpc) is 2.54. The first kappa shape index (κ1) is 17.2. The van der Waals surface area contributed by atoms with Crippen LogP contribution >= 0.6 is 0 Å². The summed E-state index contributed by atoms with van der Waals surface area (Å²) < 4.78 is 5.44. The quantitative estimate of drug-likeness (QED) is 0.681. The summed E-state index contributed by atoms with van der Waals surface area (Å²) in [5.41, 5.74) is -1.16. The summed E-state index contributed by atoms with van der Waals surface area (Å²) in [6, 6.07) is 18.2. The minimum absolute atomic E-state index is 0.447. The molecule has 0 aliphatic rings. The van der Waals surface area contributed by atoms with Gasteiger partial charge in [0.05, 0.1) is 5.92 Å². The molecule has 0 bridgehead atoms. The summed E-state index contributed by atoms with van der Waals surface area (Å²) in [4.78, 5) is 12.6. The molecule has 2 aromatic carbocycles. The third kappa shape index (κ3) is 3.45. The molecular formula is C20H24O3. The van der Waals surface area contributed by atoms with Crippen LogP contribution in [0.2, 0.25) is 0 Å². The van der Waals surface area contributed by atoms with E-state index >= 15 is 0 Å². The molecule has 0 aliphatic heterocycles. The van der Waals surface area contributed by atoms with E-state index in [1.807, 2.05) is 57.2 Å². The number of esters is 1. The van der Waals surface area contributed by atoms with E-state index in [0.717, 1.165) is 0 Å². The van der Waals surface area contributed by atoms with Crippen LogP contribution in [-0.4, -0.2) is 11.1 Å². The Kier molecular flexibility index (Phi) is 4.90. The Morgan fingerprint density at radius 3 is 1.91 bits per heavy atom. The standard InChI is InChI=1S/C20H24O3/c1-15(18(21)23-17-13-9-6-10-14-17)20(22,19(2,3)4)16-11-7-5-8-12-16/h5-15,22H,1-4H3/t15-,20+/m0/s1. The van der Waals surface area contributed by atoms with Gasteiger partial charge in [-0.3, -0.25) is 4.79 Å². The van der Waals surface area contributed by atoms with Crippen LogP contribution in [0.1, 0.15) is 33.3 Å². The highest BCUT2D eigenvalue weighted by Crippen LogP contribution is 2.45. The highest BCUT2D eigenvalue weighted by molar-refractivity contribution is 5.76. The van der Waals surface area contributed by atoms with Crippen molar-refractivity contribution in [2.24, 2.45) is 11.3 Å². The maximum atomic E-state index is 12.6. The zero-order valence-electron chi connectivity index (χ0n) is 14.1. The summed E-state index contributed by atoms with van der Waals surface area (Å²) in [5, 5.41) is 11.4. The normalized spacial score (nSPS) is 15.5. The van der Waals surface area contributed by atoms with E-state index in [4.69, 9.17) is 4.74 Å². The molecule has 122 valence electrons. The van der Waals surface area contributed by atoms with Crippen molar-refractivity contribution in [1.29, 1.82) is 0 Å². The monoisotopic (exact) mass is 312 g/mol. The van der Waals surface area contributed by atoms with Gasteiger partial charge in [-0.2, -0.15) is 0 Å². The second kappa shape index (κ2) is 6.55. The third-order valence-corrected chi connectivity index (χ3v) is 4.30. The van der Waals surface area contributed by atoms with Crippen LogP contribution in [0.25, 0.3) is 0 Å². The highest BCUT2D eigenvalue weighted by Gasteiger charge is 2.49. The van der Waals surface area contributed by atoms with Crippen molar-refractivity contribution >= 4 is 5.97 Å². The van der Waals surface area contributed by atoms with Crippen molar-refractivity contribution in [2.75, 3.05) is 0 Å². The van der Waals surface area contributed by atoms with Gasteiger partial charge in [0, 0.05) is 0 Å². The van der Waals surface area contributed by atoms with Gasteiger partial charge < -0.3 is 9.84 Å². The van der Waals surface area contributed by atoms with E-state index in [1.165, 1.54) is 0 Å². The summed E-state index contributed by atoms with van der Waals surface area (Å²) in [6.07, 6.45) is 0. The van der Waals surface area contributed by atoms with Gasteiger partial charge in [0.25, 0.3) is 0 Å². The van der Waals surface area contributed by atoms with Gasteiger partial charge in [-0.05, 0) is 30.0 Å². The van der Waals surface area contributed by atoms with Crippen molar-refractivity contribution in [3.05, 3.63) is 66.2 Å². The number of carbonyl (C=O) groups excluding carboxylic acids is 1. The first-order chi connectivity index (χ1) is 10.8. The van der Waals surface area contributed by atoms with Crippen LogP contribution in [0, 0.1) is 11.3 Å². The van der Waals surface area contributed by atoms with Crippen LogP contribution in [0.15, 0.2) is 60.7 Å². The van der Waals surface area contributed by atoms with Gasteiger partial charge in [-0.25, -0.2) is 0 Å². The lowest BCUT2D eigenvalue weighted by Crippen LogP contribution is -2.49. The van der Waals surface area contributed by atoms with Gasteiger partial charge in [-0.1, -0.05) is 69.3 Å². The molecule has 0 saturated heterocycles. The van der Waals surface area contributed by atoms with Crippen molar-refractivity contribution in [3.8, 4) is 5.75 Å². The lowest BCUT2D eigenvalue weighted by Gasteiger charge is -2.44. The molecule has 3 heteroatoms. The molecule has 2 aromatic rings. The molecule has 0 radical (unpaired) electrons. The van der Waals surface area contributed by atoms with E-state index in [2.05, 4.69) is 0 Å². The van der Waals surface area contributed by atoms with E-state index < -0.39 is 22.9 Å². The van der Waals surface area contributed by atoms with Crippen molar-refractivity contribution in [1.82, 2.24) is 0 Å². The second-order valence-electron chi connectivity index (χ2n) is 6.84. The van der Waals surface area contributed by atoms with E-state index in [0.29, 0.717) is 11.3 Å². The number of aliphatic hydroxyl groups is 1. The number of benzene rings is 2. The van der Waals surface area contributed by atoms with Crippen molar-refractivity contribution in [2.45, 2.75) is 33.3 Å². The Morgan fingerprint density at radius 2 is 1.43 bits per heavy atom. The topological polar surface area (TPSA) is 46.5 Å². The minimum Gasteiger partial charge on any atom is -0.426 e. The maximum absolute atomic E-state index is 12.6. The number of hydrogen-bond acceptors (Lipinski definition) is 3. The smallest absolute Gasteiger partial charge is 0.317 e. The van der Waals surface area contributed by atoms with Crippen molar-refractivity contribution < 1.29 is 14.6 Å². The fourth-order valence-corrected chi connectivity index (χ4v) is 2.89. The molecule has 0 unspecified atom stereocenters. The first-order valence-electron chi connectivity index (χ1n) is 7.81. The number of para-hydroxylation sites is 1. The molecule has 0 fully saturated rings. The summed E-state index contributed by atoms with van der Waals surface area (Å²) in [6.45, 7) is 7.48. The minimum atomic E-state index is -1.33. The predicted molar refractivity (Wildman–Crippen MR) is 91.0 cm³/mol. The van der Waals surface area contributed by atoms with Gasteiger partial charge in [0.2, 0.25) is 0 Å². The average molecular weight is 312 g/mol. The lowest BCUT2D eigenvalue weighted by molar-refractivity contribution is -0.162. The molecule has 0 aromatic heterocycles. The second-order valence-corrected chi connectivity index (χ2v) is 6.84. The molecule has 3 nitrogen and oxygen atoms in total. The van der Waals surface area contributed by atoms with E-state index in [-0.39, 0.29) is 0 Å². The summed E-state index contributed by atoms with van der Waals surface area (Å²) in [5.74, 6) is -0.684. The molecule has 23 heavy (non-hydrogen) atoms. The number of rotatable bonds is 4. The Bertz CT molecular complexity index is 644. The highest BCUT2D eigenvalue weighted by atomic mass is 16.5. The summed E-state index contributed by atoms with van der Waals surface area (Å²) >= 11 is 0. The number of hydrogen-bond donors (Lipinski definition) is 1. The van der Waals surface area contributed by atoms with Gasteiger partial charge in [-0.15, -0.1) is 0 Å². The first-order valence-corrected chi connectivity index (χ1v) is 7.81. The zero-order chi connectivity index (χ0) is 17.1. The van der Waals surface area contributed by atoms with Crippen molar-refractivity contribution in [3.63, 3.8) is 0 Å². The Labute approximate surface area is 137 Å². The van der Waals surface area contributed by atoms with E-state index in [9.17, 15) is 9.90 Å². The van der Waals surface area contributed by atoms with Crippen LogP contribution in [0.5, 0.6) is 5.75 Å². The molecule has 2 atom stereocenters. The van der Waals surface area contributed by atoms with Crippen LogP contribution in [0.4, 0.5) is 0 Å². The fraction of sp³-hybridized carbons (Fsp3) is 0.350. The zero-order valence-corrected chi connectivity index (χ0v) is 14.1. The Hall–Kier alpha value is -2.13. The molecule has 0 spiro atoms. The molecule has 0 heterocycles. The van der Waals surface area contributed by atoms with Gasteiger partial charge in [0.1, 0.15) is 11.4 Å². The number of ether oxygens (including phenoxy) is 1. The predicted octanol–water partition coefficient (Wildman–Crippen LogP) is 4.16. The molecular weight excluding hydrogens is 288 g/mol. The number of carbonyl (C=O) groups is 1.